The molecule has 0 amide bonds. The van der Waals surface area contributed by atoms with Crippen LogP contribution in [0.4, 0.5) is 0 Å². The summed E-state index contributed by atoms with van der Waals surface area (Å²) in [6.07, 6.45) is 4.65. The van der Waals surface area contributed by atoms with Crippen molar-refractivity contribution in [2.45, 2.75) is 50.1 Å². The number of aryl methyl sites for hydroxylation is 1. The average Bonchev–Trinajstić information content (AvgIpc) is 3.15. The number of aliphatic imine (C=N–C) groups is 1. The lowest BCUT2D eigenvalue weighted by molar-refractivity contribution is 0.391. The van der Waals surface area contributed by atoms with Crippen LogP contribution in [0, 0.1) is 0 Å². The number of halogens is 1. The van der Waals surface area contributed by atoms with Crippen molar-refractivity contribution in [3.63, 3.8) is 0 Å². The molecular weight excluding hydrogens is 519 g/mol. The molecule has 1 aliphatic rings. The molecule has 3 rings (SSSR count). The minimum absolute atomic E-state index is 0. The number of hydrogen-bond acceptors (Lipinski definition) is 6. The molecule has 166 valence electrons. The lowest BCUT2D eigenvalue weighted by Crippen LogP contribution is -2.48. The van der Waals surface area contributed by atoms with Gasteiger partial charge < -0.3 is 10.6 Å². The first-order chi connectivity index (χ1) is 13.9. The monoisotopic (exact) mass is 548 g/mol. The SMILES string of the molecule is CN=C(NCCNS(=O)(=O)c1cccnc1)NC1CCc2nc(C(C)C)nn2C1.I. The highest BCUT2D eigenvalue weighted by atomic mass is 127. The van der Waals surface area contributed by atoms with Gasteiger partial charge in [-0.3, -0.25) is 9.98 Å². The molecule has 1 atom stereocenters. The zero-order valence-electron chi connectivity index (χ0n) is 17.4. The minimum Gasteiger partial charge on any atom is -0.355 e. The Balaban J connectivity index is 0.00000320. The highest BCUT2D eigenvalue weighted by molar-refractivity contribution is 14.0. The summed E-state index contributed by atoms with van der Waals surface area (Å²) in [5, 5.41) is 11.1. The van der Waals surface area contributed by atoms with Gasteiger partial charge in [0.1, 0.15) is 10.7 Å². The molecule has 0 saturated carbocycles. The van der Waals surface area contributed by atoms with Crippen LogP contribution in [0.3, 0.4) is 0 Å². The Morgan fingerprint density at radius 2 is 2.17 bits per heavy atom. The van der Waals surface area contributed by atoms with Gasteiger partial charge >= 0.3 is 0 Å². The van der Waals surface area contributed by atoms with Gasteiger partial charge in [0.05, 0.1) is 6.54 Å². The van der Waals surface area contributed by atoms with Crippen LogP contribution in [-0.4, -0.2) is 60.3 Å². The molecule has 3 heterocycles. The Morgan fingerprint density at radius 3 is 2.83 bits per heavy atom. The average molecular weight is 548 g/mol. The quantitative estimate of drug-likeness (QED) is 0.203. The number of sulfonamides is 1. The van der Waals surface area contributed by atoms with Crippen molar-refractivity contribution < 1.29 is 8.42 Å². The van der Waals surface area contributed by atoms with E-state index in [9.17, 15) is 8.42 Å². The van der Waals surface area contributed by atoms with E-state index in [2.05, 4.69) is 49.3 Å². The minimum atomic E-state index is -3.56. The molecule has 30 heavy (non-hydrogen) atoms. The standard InChI is InChI=1S/C18H28N8O2S.HI/c1-13(2)17-24-16-7-6-14(12-26(16)25-17)23-18(19-3)21-9-10-22-29(27,28)15-5-4-8-20-11-15;/h4-5,8,11,13-14,22H,6-7,9-10,12H2,1-3H3,(H2,19,21,23);1H. The van der Waals surface area contributed by atoms with Gasteiger partial charge in [-0.05, 0) is 18.6 Å². The van der Waals surface area contributed by atoms with Crippen LogP contribution in [0.15, 0.2) is 34.4 Å². The van der Waals surface area contributed by atoms with Crippen LogP contribution < -0.4 is 15.4 Å². The first-order valence-corrected chi connectivity index (χ1v) is 11.2. The number of pyridine rings is 1. The maximum Gasteiger partial charge on any atom is 0.242 e. The van der Waals surface area contributed by atoms with Gasteiger partial charge in [-0.1, -0.05) is 13.8 Å². The van der Waals surface area contributed by atoms with Crippen molar-refractivity contribution in [3.05, 3.63) is 36.2 Å². The van der Waals surface area contributed by atoms with E-state index in [0.717, 1.165) is 31.0 Å². The van der Waals surface area contributed by atoms with E-state index in [1.165, 1.54) is 18.5 Å². The second kappa shape index (κ2) is 11.0. The normalized spacial score (nSPS) is 16.7. The Bertz CT molecular complexity index is 946. The smallest absolute Gasteiger partial charge is 0.242 e. The lowest BCUT2D eigenvalue weighted by Gasteiger charge is -2.25. The van der Waals surface area contributed by atoms with Crippen molar-refractivity contribution in [3.8, 4) is 0 Å². The van der Waals surface area contributed by atoms with Gasteiger partial charge in [-0.25, -0.2) is 22.8 Å². The van der Waals surface area contributed by atoms with Crippen LogP contribution in [0.1, 0.15) is 37.8 Å². The third-order valence-corrected chi connectivity index (χ3v) is 6.06. The van der Waals surface area contributed by atoms with E-state index in [0.29, 0.717) is 18.4 Å². The fraction of sp³-hybridized carbons (Fsp3) is 0.556. The van der Waals surface area contributed by atoms with Crippen molar-refractivity contribution >= 4 is 40.0 Å². The molecule has 0 spiro atoms. The number of rotatable bonds is 7. The fourth-order valence-electron chi connectivity index (χ4n) is 3.03. The van der Waals surface area contributed by atoms with Crippen LogP contribution in [0.2, 0.25) is 0 Å². The molecule has 1 unspecified atom stereocenters. The van der Waals surface area contributed by atoms with E-state index in [1.807, 2.05) is 4.68 Å². The molecule has 2 aromatic heterocycles. The predicted molar refractivity (Wildman–Crippen MR) is 126 cm³/mol. The summed E-state index contributed by atoms with van der Waals surface area (Å²) < 4.78 is 28.9. The fourth-order valence-corrected chi connectivity index (χ4v) is 4.03. The number of aromatic nitrogens is 4. The summed E-state index contributed by atoms with van der Waals surface area (Å²) in [5.74, 6) is 2.84. The maximum atomic E-state index is 12.2. The van der Waals surface area contributed by atoms with Gasteiger partial charge in [0.15, 0.2) is 11.8 Å². The van der Waals surface area contributed by atoms with E-state index < -0.39 is 10.0 Å². The predicted octanol–water partition coefficient (Wildman–Crippen LogP) is 0.873. The van der Waals surface area contributed by atoms with Crippen LogP contribution in [0.25, 0.3) is 0 Å². The summed E-state index contributed by atoms with van der Waals surface area (Å²) in [6.45, 7) is 5.53. The molecule has 0 fully saturated rings. The second-order valence-corrected chi connectivity index (χ2v) is 8.96. The molecule has 1 aliphatic heterocycles. The Hall–Kier alpha value is -1.80. The van der Waals surface area contributed by atoms with Crippen LogP contribution in [-0.2, 0) is 23.0 Å². The summed E-state index contributed by atoms with van der Waals surface area (Å²) in [4.78, 5) is 12.8. The van der Waals surface area contributed by atoms with Gasteiger partial charge in [0, 0.05) is 50.9 Å². The topological polar surface area (TPSA) is 126 Å². The molecule has 10 nitrogen and oxygen atoms in total. The summed E-state index contributed by atoms with van der Waals surface area (Å²) in [6, 6.07) is 3.28. The molecule has 2 aromatic rings. The van der Waals surface area contributed by atoms with Crippen molar-refractivity contribution in [1.29, 1.82) is 0 Å². The summed E-state index contributed by atoms with van der Waals surface area (Å²) in [5.41, 5.74) is 0. The van der Waals surface area contributed by atoms with E-state index in [-0.39, 0.29) is 41.5 Å². The molecule has 12 heteroatoms. The maximum absolute atomic E-state index is 12.2. The van der Waals surface area contributed by atoms with Crippen molar-refractivity contribution in [2.24, 2.45) is 4.99 Å². The zero-order valence-corrected chi connectivity index (χ0v) is 20.5. The summed E-state index contributed by atoms with van der Waals surface area (Å²) in [7, 11) is -1.87. The molecule has 0 bridgehead atoms. The zero-order chi connectivity index (χ0) is 20.9. The number of guanidine groups is 1. The Labute approximate surface area is 194 Å². The molecule has 0 aromatic carbocycles. The van der Waals surface area contributed by atoms with E-state index in [4.69, 9.17) is 0 Å². The van der Waals surface area contributed by atoms with Crippen LogP contribution in [0.5, 0.6) is 0 Å². The first kappa shape index (κ1) is 24.5. The Kier molecular flexibility index (Phi) is 8.97. The lowest BCUT2D eigenvalue weighted by atomic mass is 10.1. The molecular formula is C18H29IN8O2S. The van der Waals surface area contributed by atoms with Crippen molar-refractivity contribution in [2.75, 3.05) is 20.1 Å². The number of hydrogen-bond donors (Lipinski definition) is 3. The largest absolute Gasteiger partial charge is 0.355 e. The van der Waals surface area contributed by atoms with E-state index in [1.54, 1.807) is 13.1 Å². The second-order valence-electron chi connectivity index (χ2n) is 7.19. The van der Waals surface area contributed by atoms with Gasteiger partial charge in [-0.15, -0.1) is 24.0 Å². The molecule has 0 aliphatic carbocycles. The number of fused-ring (bicyclic) bond motifs is 1. The summed E-state index contributed by atoms with van der Waals surface area (Å²) >= 11 is 0. The Morgan fingerprint density at radius 1 is 1.37 bits per heavy atom. The van der Waals surface area contributed by atoms with Crippen molar-refractivity contribution in [1.82, 2.24) is 35.1 Å². The third-order valence-electron chi connectivity index (χ3n) is 4.61. The van der Waals surface area contributed by atoms with Gasteiger partial charge in [-0.2, -0.15) is 5.10 Å². The molecule has 0 radical (unpaired) electrons. The number of nitrogens with one attached hydrogen (secondary N) is 3. The van der Waals surface area contributed by atoms with Gasteiger partial charge in [0.25, 0.3) is 0 Å². The van der Waals surface area contributed by atoms with Crippen LogP contribution >= 0.6 is 24.0 Å². The third kappa shape index (κ3) is 6.35. The first-order valence-electron chi connectivity index (χ1n) is 9.69. The highest BCUT2D eigenvalue weighted by Gasteiger charge is 2.23. The number of nitrogens with zero attached hydrogens (tertiary/aromatic N) is 5. The molecule has 3 N–H and O–H groups in total. The highest BCUT2D eigenvalue weighted by Crippen LogP contribution is 2.16. The van der Waals surface area contributed by atoms with Gasteiger partial charge in [0.2, 0.25) is 10.0 Å². The molecule has 0 saturated heterocycles. The van der Waals surface area contributed by atoms with E-state index >= 15 is 0 Å².